The van der Waals surface area contributed by atoms with Gasteiger partial charge in [0.15, 0.2) is 9.84 Å². The predicted molar refractivity (Wildman–Crippen MR) is 66.5 cm³/mol. The van der Waals surface area contributed by atoms with Gasteiger partial charge in [-0.3, -0.25) is 0 Å². The molecule has 0 spiro atoms. The molecule has 100 valence electrons. The summed E-state index contributed by atoms with van der Waals surface area (Å²) in [4.78, 5) is -0.283. The van der Waals surface area contributed by atoms with E-state index in [1.807, 2.05) is 0 Å². The number of anilines is 1. The molecule has 0 aliphatic carbocycles. The third kappa shape index (κ3) is 3.00. The smallest absolute Gasteiger partial charge is 0.181 e. The number of nitrogen functional groups attached to an aromatic ring is 1. The van der Waals surface area contributed by atoms with Crippen molar-refractivity contribution in [1.82, 2.24) is 0 Å². The van der Waals surface area contributed by atoms with Gasteiger partial charge in [0, 0.05) is 12.3 Å². The van der Waals surface area contributed by atoms with Gasteiger partial charge in [-0.2, -0.15) is 0 Å². The van der Waals surface area contributed by atoms with Crippen LogP contribution < -0.4 is 5.73 Å². The van der Waals surface area contributed by atoms with E-state index in [1.54, 1.807) is 0 Å². The average molecular weight is 273 g/mol. The molecule has 1 fully saturated rings. The zero-order valence-electron chi connectivity index (χ0n) is 9.93. The van der Waals surface area contributed by atoms with Gasteiger partial charge in [0.1, 0.15) is 10.7 Å². The molecular weight excluding hydrogens is 257 g/mol. The fraction of sp³-hybridized carbons (Fsp3) is 0.500. The van der Waals surface area contributed by atoms with Crippen molar-refractivity contribution in [2.75, 3.05) is 18.1 Å². The summed E-state index contributed by atoms with van der Waals surface area (Å²) in [5, 5.41) is 0. The molecule has 1 heterocycles. The van der Waals surface area contributed by atoms with Gasteiger partial charge < -0.3 is 10.5 Å². The molecule has 6 heteroatoms. The van der Waals surface area contributed by atoms with Crippen molar-refractivity contribution < 1.29 is 17.5 Å². The highest BCUT2D eigenvalue weighted by atomic mass is 32.2. The molecule has 0 saturated carbocycles. The van der Waals surface area contributed by atoms with Gasteiger partial charge in [-0.25, -0.2) is 12.8 Å². The Bertz CT molecular complexity index is 524. The van der Waals surface area contributed by atoms with Crippen LogP contribution >= 0.6 is 0 Å². The highest BCUT2D eigenvalue weighted by Gasteiger charge is 2.23. The van der Waals surface area contributed by atoms with Gasteiger partial charge in [-0.05, 0) is 37.5 Å². The van der Waals surface area contributed by atoms with Crippen molar-refractivity contribution in [2.24, 2.45) is 0 Å². The molecule has 1 atom stereocenters. The van der Waals surface area contributed by atoms with Crippen LogP contribution in [0, 0.1) is 5.82 Å². The van der Waals surface area contributed by atoms with E-state index in [0.29, 0.717) is 13.0 Å². The van der Waals surface area contributed by atoms with Gasteiger partial charge in [-0.1, -0.05) is 0 Å². The Labute approximate surface area is 106 Å². The van der Waals surface area contributed by atoms with Crippen molar-refractivity contribution in [3.63, 3.8) is 0 Å². The molecule has 2 rings (SSSR count). The van der Waals surface area contributed by atoms with E-state index in [0.717, 1.165) is 18.9 Å². The van der Waals surface area contributed by atoms with Crippen LogP contribution in [0.3, 0.4) is 0 Å². The standard InChI is InChI=1S/C12H16FNO3S/c13-11-8-9(14)3-4-12(11)18(15,16)7-5-10-2-1-6-17-10/h3-4,8,10H,1-2,5-7,14H2. The second-order valence-electron chi connectivity index (χ2n) is 4.43. The second kappa shape index (κ2) is 5.24. The summed E-state index contributed by atoms with van der Waals surface area (Å²) in [6, 6.07) is 3.64. The summed E-state index contributed by atoms with van der Waals surface area (Å²) in [5.74, 6) is -0.888. The fourth-order valence-corrected chi connectivity index (χ4v) is 3.46. The van der Waals surface area contributed by atoms with E-state index in [4.69, 9.17) is 10.5 Å². The van der Waals surface area contributed by atoms with Crippen molar-refractivity contribution in [3.05, 3.63) is 24.0 Å². The maximum absolute atomic E-state index is 13.6. The number of sulfone groups is 1. The lowest BCUT2D eigenvalue weighted by molar-refractivity contribution is 0.109. The normalized spacial score (nSPS) is 20.2. The molecule has 1 aliphatic heterocycles. The van der Waals surface area contributed by atoms with Crippen LogP contribution in [0.15, 0.2) is 23.1 Å². The molecule has 1 aromatic carbocycles. The fourth-order valence-electron chi connectivity index (χ4n) is 2.04. The van der Waals surface area contributed by atoms with E-state index in [2.05, 4.69) is 0 Å². The van der Waals surface area contributed by atoms with Crippen LogP contribution in [0.5, 0.6) is 0 Å². The van der Waals surface area contributed by atoms with Crippen LogP contribution in [0.2, 0.25) is 0 Å². The van der Waals surface area contributed by atoms with E-state index in [9.17, 15) is 12.8 Å². The minimum absolute atomic E-state index is 0.0170. The molecule has 1 unspecified atom stereocenters. The van der Waals surface area contributed by atoms with E-state index in [1.165, 1.54) is 12.1 Å². The first-order chi connectivity index (χ1) is 8.49. The Morgan fingerprint density at radius 2 is 2.22 bits per heavy atom. The largest absolute Gasteiger partial charge is 0.399 e. The predicted octanol–water partition coefficient (Wildman–Crippen LogP) is 1.75. The van der Waals surface area contributed by atoms with Gasteiger partial charge in [-0.15, -0.1) is 0 Å². The molecule has 18 heavy (non-hydrogen) atoms. The number of benzene rings is 1. The maximum atomic E-state index is 13.6. The van der Waals surface area contributed by atoms with Crippen molar-refractivity contribution in [2.45, 2.75) is 30.3 Å². The second-order valence-corrected chi connectivity index (χ2v) is 6.51. The highest BCUT2D eigenvalue weighted by Crippen LogP contribution is 2.22. The summed E-state index contributed by atoms with van der Waals surface area (Å²) in [7, 11) is -3.61. The van der Waals surface area contributed by atoms with Crippen LogP contribution in [-0.2, 0) is 14.6 Å². The van der Waals surface area contributed by atoms with Crippen LogP contribution in [-0.4, -0.2) is 26.9 Å². The molecule has 1 saturated heterocycles. The molecule has 0 bridgehead atoms. The molecular formula is C12H16FNO3S. The minimum atomic E-state index is -3.61. The molecule has 0 aromatic heterocycles. The lowest BCUT2D eigenvalue weighted by Crippen LogP contribution is -2.15. The van der Waals surface area contributed by atoms with Crippen molar-refractivity contribution in [3.8, 4) is 0 Å². The Morgan fingerprint density at radius 1 is 1.44 bits per heavy atom. The Kier molecular flexibility index (Phi) is 3.87. The van der Waals surface area contributed by atoms with Gasteiger partial charge >= 0.3 is 0 Å². The number of hydrogen-bond acceptors (Lipinski definition) is 4. The third-order valence-electron chi connectivity index (χ3n) is 3.02. The topological polar surface area (TPSA) is 69.4 Å². The zero-order chi connectivity index (χ0) is 13.2. The number of halogens is 1. The Morgan fingerprint density at radius 3 is 2.83 bits per heavy atom. The number of ether oxygens (including phenoxy) is 1. The first-order valence-electron chi connectivity index (χ1n) is 5.88. The Hall–Kier alpha value is -1.14. The monoisotopic (exact) mass is 273 g/mol. The number of hydrogen-bond donors (Lipinski definition) is 1. The van der Waals surface area contributed by atoms with Crippen LogP contribution in [0.25, 0.3) is 0 Å². The number of rotatable bonds is 4. The molecule has 0 amide bonds. The van der Waals surface area contributed by atoms with Crippen molar-refractivity contribution >= 4 is 15.5 Å². The molecule has 1 aromatic rings. The first-order valence-corrected chi connectivity index (χ1v) is 7.53. The van der Waals surface area contributed by atoms with Crippen LogP contribution in [0.4, 0.5) is 10.1 Å². The summed E-state index contributed by atoms with van der Waals surface area (Å²) >= 11 is 0. The zero-order valence-corrected chi connectivity index (χ0v) is 10.7. The Balaban J connectivity index is 2.09. The minimum Gasteiger partial charge on any atom is -0.399 e. The summed E-state index contributed by atoms with van der Waals surface area (Å²) in [6.45, 7) is 0.681. The molecule has 0 radical (unpaired) electrons. The van der Waals surface area contributed by atoms with Gasteiger partial charge in [0.05, 0.1) is 11.9 Å². The average Bonchev–Trinajstić information content (AvgIpc) is 2.78. The van der Waals surface area contributed by atoms with Crippen molar-refractivity contribution in [1.29, 1.82) is 0 Å². The molecule has 4 nitrogen and oxygen atoms in total. The van der Waals surface area contributed by atoms with Gasteiger partial charge in [0.2, 0.25) is 0 Å². The lowest BCUT2D eigenvalue weighted by atomic mass is 10.2. The van der Waals surface area contributed by atoms with E-state index in [-0.39, 0.29) is 22.4 Å². The summed E-state index contributed by atoms with van der Waals surface area (Å²) in [6.07, 6.45) is 2.23. The summed E-state index contributed by atoms with van der Waals surface area (Å²) < 4.78 is 42.9. The first kappa shape index (κ1) is 13.3. The van der Waals surface area contributed by atoms with Crippen LogP contribution in [0.1, 0.15) is 19.3 Å². The SMILES string of the molecule is Nc1ccc(S(=O)(=O)CCC2CCCO2)c(F)c1. The molecule has 2 N–H and O–H groups in total. The quantitative estimate of drug-likeness (QED) is 0.849. The maximum Gasteiger partial charge on any atom is 0.181 e. The lowest BCUT2D eigenvalue weighted by Gasteiger charge is -2.10. The van der Waals surface area contributed by atoms with E-state index < -0.39 is 15.7 Å². The highest BCUT2D eigenvalue weighted by molar-refractivity contribution is 7.91. The summed E-state index contributed by atoms with van der Waals surface area (Å²) in [5.41, 5.74) is 5.60. The molecule has 1 aliphatic rings. The van der Waals surface area contributed by atoms with Gasteiger partial charge in [0.25, 0.3) is 0 Å². The van der Waals surface area contributed by atoms with E-state index >= 15 is 0 Å². The third-order valence-corrected chi connectivity index (χ3v) is 4.80. The number of nitrogens with two attached hydrogens (primary N) is 1.